The zero-order chi connectivity index (χ0) is 24.2. The predicted octanol–water partition coefficient (Wildman–Crippen LogP) is 4.14. The minimum Gasteiger partial charge on any atom is -0.382 e. The number of aromatic nitrogens is 2. The van der Waals surface area contributed by atoms with E-state index in [1.165, 1.54) is 25.4 Å². The third-order valence-electron chi connectivity index (χ3n) is 5.24. The molecule has 1 unspecified atom stereocenters. The van der Waals surface area contributed by atoms with Crippen molar-refractivity contribution in [1.29, 1.82) is 0 Å². The maximum Gasteiger partial charge on any atom is 0.217 e. The van der Waals surface area contributed by atoms with Crippen LogP contribution in [0.5, 0.6) is 0 Å². The van der Waals surface area contributed by atoms with E-state index in [0.717, 1.165) is 11.1 Å². The third kappa shape index (κ3) is 5.93. The number of carbonyl (C=O) groups is 1. The van der Waals surface area contributed by atoms with E-state index in [9.17, 15) is 17.8 Å². The topological polar surface area (TPSA) is 129 Å². The number of nitrogens with zero attached hydrogens (tertiary/aromatic N) is 2. The highest BCUT2D eigenvalue weighted by Crippen LogP contribution is 2.47. The molecule has 1 heterocycles. The molecule has 0 spiro atoms. The molecule has 0 bridgehead atoms. The average molecular weight is 488 g/mol. The van der Waals surface area contributed by atoms with Gasteiger partial charge in [0, 0.05) is 25.3 Å². The van der Waals surface area contributed by atoms with Crippen LogP contribution in [0.1, 0.15) is 28.5 Å². The van der Waals surface area contributed by atoms with Crippen LogP contribution in [0.4, 0.5) is 5.82 Å². The van der Waals surface area contributed by atoms with E-state index in [-0.39, 0.29) is 34.8 Å². The molecule has 0 radical (unpaired) electrons. The summed E-state index contributed by atoms with van der Waals surface area (Å²) in [4.78, 5) is 21.4. The molecule has 2 N–H and O–H groups in total. The molecule has 0 fully saturated rings. The SMILES string of the molecule is CCP(=O)(CS(=O)(=O)c1ccc(CC(=O)c2nc(-c3ccc(C)cc3)cnc2N)cc1)OC. The summed E-state index contributed by atoms with van der Waals surface area (Å²) in [7, 11) is -5.81. The monoisotopic (exact) mass is 487 g/mol. The quantitative estimate of drug-likeness (QED) is 0.352. The van der Waals surface area contributed by atoms with Crippen molar-refractivity contribution in [3.05, 3.63) is 71.5 Å². The summed E-state index contributed by atoms with van der Waals surface area (Å²) in [5.41, 5.74) is 8.44. The Bertz CT molecular complexity index is 1300. The lowest BCUT2D eigenvalue weighted by Gasteiger charge is -2.14. The zero-order valence-corrected chi connectivity index (χ0v) is 20.4. The van der Waals surface area contributed by atoms with Crippen LogP contribution in [0.3, 0.4) is 0 Å². The Morgan fingerprint density at radius 2 is 1.73 bits per heavy atom. The molecule has 8 nitrogen and oxygen atoms in total. The molecule has 0 amide bonds. The number of Topliss-reactive ketones (excluding diaryl/α,β-unsaturated/α-hetero) is 1. The van der Waals surface area contributed by atoms with Gasteiger partial charge in [-0.25, -0.2) is 18.4 Å². The second kappa shape index (κ2) is 9.95. The largest absolute Gasteiger partial charge is 0.382 e. The molecular formula is C23H26N3O5PS. The molecular weight excluding hydrogens is 461 g/mol. The maximum atomic E-state index is 12.9. The van der Waals surface area contributed by atoms with Crippen LogP contribution in [0, 0.1) is 6.92 Å². The van der Waals surface area contributed by atoms with Gasteiger partial charge in [0.1, 0.15) is 11.2 Å². The van der Waals surface area contributed by atoms with Crippen LogP contribution in [-0.2, 0) is 25.3 Å². The molecule has 174 valence electrons. The van der Waals surface area contributed by atoms with Crippen LogP contribution in [0.25, 0.3) is 11.3 Å². The number of ketones is 1. The fourth-order valence-corrected chi connectivity index (χ4v) is 7.79. The van der Waals surface area contributed by atoms with Gasteiger partial charge in [0.2, 0.25) is 7.37 Å². The molecule has 33 heavy (non-hydrogen) atoms. The minimum atomic E-state index is -3.80. The second-order valence-electron chi connectivity index (χ2n) is 7.66. The molecule has 2 aromatic carbocycles. The number of anilines is 1. The Balaban J connectivity index is 1.79. The minimum absolute atomic E-state index is 0.0186. The number of sulfone groups is 1. The Morgan fingerprint density at radius 1 is 1.09 bits per heavy atom. The summed E-state index contributed by atoms with van der Waals surface area (Å²) in [6, 6.07) is 13.5. The van der Waals surface area contributed by atoms with Gasteiger partial charge in [-0.15, -0.1) is 0 Å². The van der Waals surface area contributed by atoms with Crippen molar-refractivity contribution in [2.75, 3.05) is 24.5 Å². The summed E-state index contributed by atoms with van der Waals surface area (Å²) in [6.07, 6.45) is 1.62. The van der Waals surface area contributed by atoms with E-state index in [1.807, 2.05) is 31.2 Å². The number of hydrogen-bond donors (Lipinski definition) is 1. The summed E-state index contributed by atoms with van der Waals surface area (Å²) in [5.74, 6) is -0.302. The number of aryl methyl sites for hydroxylation is 1. The lowest BCUT2D eigenvalue weighted by molar-refractivity contribution is 0.0989. The summed E-state index contributed by atoms with van der Waals surface area (Å²) < 4.78 is 42.6. The smallest absolute Gasteiger partial charge is 0.217 e. The van der Waals surface area contributed by atoms with Gasteiger partial charge in [-0.1, -0.05) is 48.9 Å². The van der Waals surface area contributed by atoms with Crippen molar-refractivity contribution in [1.82, 2.24) is 9.97 Å². The van der Waals surface area contributed by atoms with Crippen molar-refractivity contribution in [3.63, 3.8) is 0 Å². The maximum absolute atomic E-state index is 12.9. The molecule has 0 saturated carbocycles. The summed E-state index contributed by atoms with van der Waals surface area (Å²) >= 11 is 0. The van der Waals surface area contributed by atoms with E-state index < -0.39 is 22.7 Å². The van der Waals surface area contributed by atoms with Gasteiger partial charge in [-0.2, -0.15) is 0 Å². The molecule has 0 aliphatic rings. The molecule has 3 rings (SSSR count). The van der Waals surface area contributed by atoms with Crippen molar-refractivity contribution < 1.29 is 22.3 Å². The van der Waals surface area contributed by atoms with Crippen molar-refractivity contribution >= 4 is 28.8 Å². The van der Waals surface area contributed by atoms with Crippen molar-refractivity contribution in [2.45, 2.75) is 25.2 Å². The molecule has 0 saturated heterocycles. The van der Waals surface area contributed by atoms with Gasteiger partial charge in [0.15, 0.2) is 21.4 Å². The second-order valence-corrected chi connectivity index (χ2v) is 13.0. The Kier molecular flexibility index (Phi) is 7.47. The van der Waals surface area contributed by atoms with Gasteiger partial charge in [-0.3, -0.25) is 9.36 Å². The first kappa shape index (κ1) is 24.8. The number of benzene rings is 2. The van der Waals surface area contributed by atoms with E-state index in [2.05, 4.69) is 9.97 Å². The summed E-state index contributed by atoms with van der Waals surface area (Å²) in [5, 5.41) is 0. The van der Waals surface area contributed by atoms with E-state index >= 15 is 0 Å². The van der Waals surface area contributed by atoms with E-state index in [1.54, 1.807) is 19.1 Å². The molecule has 1 atom stereocenters. The third-order valence-corrected chi connectivity index (χ3v) is 10.8. The predicted molar refractivity (Wildman–Crippen MR) is 128 cm³/mol. The Morgan fingerprint density at radius 3 is 2.30 bits per heavy atom. The van der Waals surface area contributed by atoms with Gasteiger partial charge in [0.05, 0.1) is 16.8 Å². The average Bonchev–Trinajstić information content (AvgIpc) is 2.80. The van der Waals surface area contributed by atoms with Crippen LogP contribution in [0.15, 0.2) is 59.6 Å². The highest BCUT2D eigenvalue weighted by atomic mass is 32.2. The van der Waals surface area contributed by atoms with Gasteiger partial charge in [-0.05, 0) is 24.6 Å². The van der Waals surface area contributed by atoms with Crippen LogP contribution < -0.4 is 5.73 Å². The number of nitrogen functional groups attached to an aromatic ring is 1. The number of hydrogen-bond acceptors (Lipinski definition) is 8. The molecule has 0 aliphatic heterocycles. The molecule has 3 aromatic rings. The molecule has 1 aromatic heterocycles. The number of rotatable bonds is 9. The highest BCUT2D eigenvalue weighted by molar-refractivity contribution is 7.98. The van der Waals surface area contributed by atoms with Gasteiger partial charge >= 0.3 is 0 Å². The van der Waals surface area contributed by atoms with Crippen molar-refractivity contribution in [2.24, 2.45) is 0 Å². The van der Waals surface area contributed by atoms with Crippen LogP contribution in [0.2, 0.25) is 0 Å². The van der Waals surface area contributed by atoms with E-state index in [0.29, 0.717) is 11.3 Å². The lowest BCUT2D eigenvalue weighted by atomic mass is 10.1. The fourth-order valence-electron chi connectivity index (χ4n) is 3.16. The van der Waals surface area contributed by atoms with E-state index in [4.69, 9.17) is 10.3 Å². The number of carbonyl (C=O) groups excluding carboxylic acids is 1. The first-order chi connectivity index (χ1) is 15.6. The number of nitrogens with two attached hydrogens (primary N) is 1. The first-order valence-electron chi connectivity index (χ1n) is 10.2. The summed E-state index contributed by atoms with van der Waals surface area (Å²) in [6.45, 7) is 3.60. The van der Waals surface area contributed by atoms with Crippen molar-refractivity contribution in [3.8, 4) is 11.3 Å². The van der Waals surface area contributed by atoms with Gasteiger partial charge in [0.25, 0.3) is 0 Å². The Hall–Kier alpha value is -2.87. The molecule has 0 aliphatic carbocycles. The Labute approximate surface area is 193 Å². The van der Waals surface area contributed by atoms with Crippen LogP contribution in [-0.4, -0.2) is 42.9 Å². The van der Waals surface area contributed by atoms with Gasteiger partial charge < -0.3 is 10.3 Å². The first-order valence-corrected chi connectivity index (χ1v) is 13.9. The standard InChI is InChI=1S/C23H26N3O5PS/c1-4-32(28,31-3)15-33(29,30)19-11-7-17(8-12-19)13-21(27)22-23(24)25-14-20(26-22)18-9-5-16(2)6-10-18/h5-12,14H,4,13,15H2,1-3H3,(H2,24,25). The fraction of sp³-hybridized carbons (Fsp3) is 0.261. The lowest BCUT2D eigenvalue weighted by Crippen LogP contribution is -2.12. The highest BCUT2D eigenvalue weighted by Gasteiger charge is 2.29. The molecule has 10 heteroatoms. The zero-order valence-electron chi connectivity index (χ0n) is 18.7. The van der Waals surface area contributed by atoms with Crippen LogP contribution >= 0.6 is 7.37 Å². The normalized spacial score (nSPS) is 13.4.